The molecule has 1 aromatic rings. The molecule has 2 N–H and O–H groups in total. The predicted molar refractivity (Wildman–Crippen MR) is 66.3 cm³/mol. The van der Waals surface area contributed by atoms with Crippen LogP contribution in [0.15, 0.2) is 17.5 Å². The molecule has 1 heterocycles. The molecule has 1 atom stereocenters. The maximum Gasteiger partial charge on any atom is 0.211 e. The molecule has 1 aromatic heterocycles. The van der Waals surface area contributed by atoms with Crippen LogP contribution in [0.25, 0.3) is 0 Å². The number of nitrogens with one attached hydrogen (secondary N) is 1. The van der Waals surface area contributed by atoms with Gasteiger partial charge in [0.1, 0.15) is 5.60 Å². The van der Waals surface area contributed by atoms with Gasteiger partial charge in [-0.1, -0.05) is 6.07 Å². The molecule has 0 aliphatic carbocycles. The summed E-state index contributed by atoms with van der Waals surface area (Å²) in [7, 11) is -3.51. The smallest absolute Gasteiger partial charge is 0.211 e. The van der Waals surface area contributed by atoms with Crippen molar-refractivity contribution in [1.29, 1.82) is 0 Å². The first-order chi connectivity index (χ1) is 7.87. The van der Waals surface area contributed by atoms with Crippen molar-refractivity contribution in [2.75, 3.05) is 19.0 Å². The summed E-state index contributed by atoms with van der Waals surface area (Å²) in [6.07, 6.45) is -0.0313. The first-order valence-corrected chi connectivity index (χ1v) is 7.70. The zero-order chi connectivity index (χ0) is 12.9. The Balaban J connectivity index is 2.56. The van der Waals surface area contributed by atoms with Crippen LogP contribution >= 0.6 is 11.3 Å². The Morgan fingerprint density at radius 3 is 2.82 bits per heavy atom. The van der Waals surface area contributed by atoms with Gasteiger partial charge in [0.05, 0.1) is 12.4 Å². The van der Waals surface area contributed by atoms with Gasteiger partial charge in [-0.15, -0.1) is 11.3 Å². The van der Waals surface area contributed by atoms with Crippen molar-refractivity contribution in [2.45, 2.75) is 18.9 Å². The molecule has 0 spiro atoms. The minimum absolute atomic E-state index is 0.0313. The zero-order valence-electron chi connectivity index (χ0n) is 9.52. The highest BCUT2D eigenvalue weighted by Crippen LogP contribution is 2.24. The third kappa shape index (κ3) is 4.71. The average Bonchev–Trinajstić information content (AvgIpc) is 2.78. The van der Waals surface area contributed by atoms with E-state index in [4.69, 9.17) is 0 Å². The Bertz CT molecular complexity index is 428. The third-order valence-electron chi connectivity index (χ3n) is 2.24. The number of hydrogen-bond acceptors (Lipinski definition) is 4. The summed E-state index contributed by atoms with van der Waals surface area (Å²) in [4.78, 5) is 0.686. The SMILES string of the molecule is C[C@@](O)(CNS(=O)(=O)CCCF)c1cccs1. The van der Waals surface area contributed by atoms with Gasteiger partial charge in [0.2, 0.25) is 10.0 Å². The van der Waals surface area contributed by atoms with Gasteiger partial charge in [0.15, 0.2) is 0 Å². The average molecular weight is 281 g/mol. The van der Waals surface area contributed by atoms with Crippen LogP contribution in [-0.4, -0.2) is 32.5 Å². The fraction of sp³-hybridized carbons (Fsp3) is 0.600. The second-order valence-electron chi connectivity index (χ2n) is 3.93. The first kappa shape index (κ1) is 14.6. The summed E-state index contributed by atoms with van der Waals surface area (Å²) in [6.45, 7) is 0.765. The molecule has 0 amide bonds. The molecule has 0 aliphatic heterocycles. The molecule has 98 valence electrons. The van der Waals surface area contributed by atoms with Crippen LogP contribution in [0.5, 0.6) is 0 Å². The van der Waals surface area contributed by atoms with Gasteiger partial charge in [-0.2, -0.15) is 0 Å². The van der Waals surface area contributed by atoms with Crippen molar-refractivity contribution in [3.05, 3.63) is 22.4 Å². The van der Waals surface area contributed by atoms with Crippen LogP contribution in [0.2, 0.25) is 0 Å². The van der Waals surface area contributed by atoms with Crippen molar-refractivity contribution < 1.29 is 17.9 Å². The summed E-state index contributed by atoms with van der Waals surface area (Å²) in [5, 5.41) is 11.9. The summed E-state index contributed by atoms with van der Waals surface area (Å²) in [5.41, 5.74) is -1.24. The van der Waals surface area contributed by atoms with Crippen molar-refractivity contribution in [1.82, 2.24) is 4.72 Å². The molecule has 0 saturated heterocycles. The largest absolute Gasteiger partial charge is 0.383 e. The topological polar surface area (TPSA) is 66.4 Å². The van der Waals surface area contributed by atoms with E-state index in [0.717, 1.165) is 0 Å². The minimum atomic E-state index is -3.51. The van der Waals surface area contributed by atoms with E-state index in [-0.39, 0.29) is 18.7 Å². The van der Waals surface area contributed by atoms with Gasteiger partial charge in [0, 0.05) is 11.4 Å². The highest BCUT2D eigenvalue weighted by molar-refractivity contribution is 7.89. The zero-order valence-corrected chi connectivity index (χ0v) is 11.2. The van der Waals surface area contributed by atoms with Gasteiger partial charge < -0.3 is 5.11 Å². The lowest BCUT2D eigenvalue weighted by Crippen LogP contribution is -2.39. The maximum atomic E-state index is 11.9. The molecule has 0 unspecified atom stereocenters. The highest BCUT2D eigenvalue weighted by Gasteiger charge is 2.26. The van der Waals surface area contributed by atoms with Crippen LogP contribution in [0.4, 0.5) is 4.39 Å². The maximum absolute atomic E-state index is 11.9. The van der Waals surface area contributed by atoms with Crippen LogP contribution in [0.3, 0.4) is 0 Å². The number of sulfonamides is 1. The summed E-state index contributed by atoms with van der Waals surface area (Å²) in [6, 6.07) is 3.52. The standard InChI is InChI=1S/C10H16FNO3S2/c1-10(13,9-4-2-6-16-9)8-12-17(14,15)7-3-5-11/h2,4,6,12-13H,3,5,7-8H2,1H3/t10-/m1/s1. The summed E-state index contributed by atoms with van der Waals surface area (Å²) in [5.74, 6) is -0.260. The van der Waals surface area contributed by atoms with Gasteiger partial charge >= 0.3 is 0 Å². The number of rotatable bonds is 7. The van der Waals surface area contributed by atoms with E-state index in [2.05, 4.69) is 4.72 Å². The van der Waals surface area contributed by atoms with Gasteiger partial charge in [-0.25, -0.2) is 13.1 Å². The van der Waals surface area contributed by atoms with Crippen molar-refractivity contribution in [3.8, 4) is 0 Å². The lowest BCUT2D eigenvalue weighted by Gasteiger charge is -2.22. The fourth-order valence-electron chi connectivity index (χ4n) is 1.24. The molecular weight excluding hydrogens is 265 g/mol. The van der Waals surface area contributed by atoms with E-state index >= 15 is 0 Å². The van der Waals surface area contributed by atoms with E-state index in [0.29, 0.717) is 4.88 Å². The number of alkyl halides is 1. The Morgan fingerprint density at radius 1 is 1.59 bits per heavy atom. The van der Waals surface area contributed by atoms with Gasteiger partial charge in [0.25, 0.3) is 0 Å². The van der Waals surface area contributed by atoms with Crippen LogP contribution in [-0.2, 0) is 15.6 Å². The highest BCUT2D eigenvalue weighted by atomic mass is 32.2. The normalized spacial score (nSPS) is 15.7. The summed E-state index contributed by atoms with van der Waals surface area (Å²) >= 11 is 1.35. The predicted octanol–water partition coefficient (Wildman–Crippen LogP) is 1.23. The quantitative estimate of drug-likeness (QED) is 0.790. The molecule has 0 radical (unpaired) electrons. The van der Waals surface area contributed by atoms with Crippen LogP contribution in [0, 0.1) is 0 Å². The molecule has 0 fully saturated rings. The molecule has 4 nitrogen and oxygen atoms in total. The van der Waals surface area contributed by atoms with Crippen molar-refractivity contribution in [3.63, 3.8) is 0 Å². The monoisotopic (exact) mass is 281 g/mol. The Labute approximate surface area is 105 Å². The third-order valence-corrected chi connectivity index (χ3v) is 4.77. The molecular formula is C10H16FNO3S2. The fourth-order valence-corrected chi connectivity index (χ4v) is 3.16. The molecule has 0 aliphatic rings. The number of hydrogen-bond donors (Lipinski definition) is 2. The lowest BCUT2D eigenvalue weighted by atomic mass is 10.1. The van der Waals surface area contributed by atoms with Crippen molar-refractivity contribution >= 4 is 21.4 Å². The van der Waals surface area contributed by atoms with E-state index < -0.39 is 22.3 Å². The number of aliphatic hydroxyl groups is 1. The number of halogens is 1. The second kappa shape index (κ2) is 5.90. The van der Waals surface area contributed by atoms with E-state index in [1.807, 2.05) is 0 Å². The molecule has 1 rings (SSSR count). The molecule has 0 bridgehead atoms. The van der Waals surface area contributed by atoms with Crippen LogP contribution in [0.1, 0.15) is 18.2 Å². The molecule has 17 heavy (non-hydrogen) atoms. The number of thiophene rings is 1. The molecule has 7 heteroatoms. The van der Waals surface area contributed by atoms with E-state index in [9.17, 15) is 17.9 Å². The van der Waals surface area contributed by atoms with E-state index in [1.165, 1.54) is 18.3 Å². The molecule has 0 saturated carbocycles. The van der Waals surface area contributed by atoms with E-state index in [1.54, 1.807) is 17.5 Å². The van der Waals surface area contributed by atoms with Crippen LogP contribution < -0.4 is 4.72 Å². The summed E-state index contributed by atoms with van der Waals surface area (Å²) < 4.78 is 37.0. The lowest BCUT2D eigenvalue weighted by molar-refractivity contribution is 0.0666. The minimum Gasteiger partial charge on any atom is -0.383 e. The van der Waals surface area contributed by atoms with Crippen molar-refractivity contribution in [2.24, 2.45) is 0 Å². The molecule has 0 aromatic carbocycles. The Hall–Kier alpha value is -0.500. The second-order valence-corrected chi connectivity index (χ2v) is 6.81. The Morgan fingerprint density at radius 2 is 2.29 bits per heavy atom. The van der Waals surface area contributed by atoms with Gasteiger partial charge in [-0.3, -0.25) is 4.39 Å². The Kier molecular flexibility index (Phi) is 5.05. The van der Waals surface area contributed by atoms with Gasteiger partial charge in [-0.05, 0) is 24.8 Å². The first-order valence-electron chi connectivity index (χ1n) is 5.17.